The zero-order chi connectivity index (χ0) is 13.0. The van der Waals surface area contributed by atoms with Crippen LogP contribution in [-0.2, 0) is 6.54 Å². The Bertz CT molecular complexity index is 433. The normalized spacial score (nSPS) is 40.0. The number of hydrogen-bond acceptors (Lipinski definition) is 2. The summed E-state index contributed by atoms with van der Waals surface area (Å²) in [5.41, 5.74) is 4.24. The predicted octanol–water partition coefficient (Wildman–Crippen LogP) is 3.08. The summed E-state index contributed by atoms with van der Waals surface area (Å²) >= 11 is 0. The molecule has 5 rings (SSSR count). The van der Waals surface area contributed by atoms with Gasteiger partial charge in [-0.2, -0.15) is 5.10 Å². The maximum absolute atomic E-state index is 4.32. The van der Waals surface area contributed by atoms with Gasteiger partial charge in [-0.15, -0.1) is 0 Å². The van der Waals surface area contributed by atoms with Crippen molar-refractivity contribution >= 4 is 0 Å². The van der Waals surface area contributed by atoms with Crippen LogP contribution in [0, 0.1) is 31.6 Å². The molecule has 1 aromatic heterocycles. The highest BCUT2D eigenvalue weighted by atomic mass is 15.1. The van der Waals surface area contributed by atoms with Gasteiger partial charge in [0.15, 0.2) is 0 Å². The van der Waals surface area contributed by atoms with Crippen molar-refractivity contribution in [3.8, 4) is 0 Å². The van der Waals surface area contributed by atoms with Gasteiger partial charge in [0, 0.05) is 23.3 Å². The number of aromatic amines is 1. The second kappa shape index (κ2) is 4.08. The second-order valence-corrected chi connectivity index (χ2v) is 7.46. The van der Waals surface area contributed by atoms with Crippen molar-refractivity contribution in [1.82, 2.24) is 15.5 Å². The van der Waals surface area contributed by atoms with Crippen LogP contribution in [0.1, 0.15) is 55.5 Å². The van der Waals surface area contributed by atoms with E-state index < -0.39 is 0 Å². The van der Waals surface area contributed by atoms with Crippen molar-refractivity contribution in [1.29, 1.82) is 0 Å². The number of nitrogens with one attached hydrogen (secondary N) is 2. The quantitative estimate of drug-likeness (QED) is 0.876. The van der Waals surface area contributed by atoms with Crippen LogP contribution in [0.15, 0.2) is 0 Å². The summed E-state index contributed by atoms with van der Waals surface area (Å²) in [6, 6.07) is 0. The van der Waals surface area contributed by atoms with E-state index >= 15 is 0 Å². The first-order valence-electron chi connectivity index (χ1n) is 7.89. The van der Waals surface area contributed by atoms with Crippen LogP contribution in [0.25, 0.3) is 0 Å². The lowest BCUT2D eigenvalue weighted by atomic mass is 9.53. The van der Waals surface area contributed by atoms with Gasteiger partial charge in [-0.3, -0.25) is 5.10 Å². The van der Waals surface area contributed by atoms with E-state index in [4.69, 9.17) is 0 Å². The number of rotatable bonds is 3. The average molecular weight is 259 g/mol. The fraction of sp³-hybridized carbons (Fsp3) is 0.812. The summed E-state index contributed by atoms with van der Waals surface area (Å²) in [4.78, 5) is 0. The third kappa shape index (κ3) is 1.94. The van der Waals surface area contributed by atoms with E-state index in [1.807, 2.05) is 0 Å². The molecule has 0 atom stereocenters. The van der Waals surface area contributed by atoms with Gasteiger partial charge in [0.2, 0.25) is 0 Å². The highest BCUT2D eigenvalue weighted by Crippen LogP contribution is 2.55. The monoisotopic (exact) mass is 259 g/mol. The summed E-state index contributed by atoms with van der Waals surface area (Å²) < 4.78 is 0. The van der Waals surface area contributed by atoms with Crippen molar-refractivity contribution < 1.29 is 0 Å². The lowest BCUT2D eigenvalue weighted by Gasteiger charge is -2.57. The Morgan fingerprint density at radius 1 is 1.11 bits per heavy atom. The Morgan fingerprint density at radius 3 is 2.16 bits per heavy atom. The van der Waals surface area contributed by atoms with Crippen LogP contribution in [0.4, 0.5) is 0 Å². The Hall–Kier alpha value is -0.830. The minimum atomic E-state index is 0.463. The maximum Gasteiger partial charge on any atom is 0.0638 e. The maximum atomic E-state index is 4.32. The number of nitrogens with zero attached hydrogens (tertiary/aromatic N) is 1. The van der Waals surface area contributed by atoms with Crippen LogP contribution >= 0.6 is 0 Å². The number of aromatic nitrogens is 2. The second-order valence-electron chi connectivity index (χ2n) is 7.46. The predicted molar refractivity (Wildman–Crippen MR) is 75.8 cm³/mol. The standard InChI is InChI=1S/C16H25N3/c1-10-15(11(2)19-18-10)9-17-16-6-12-3-13(7-16)5-14(4-12)8-16/h12-14,17H,3-9H2,1-2H3,(H,18,19). The molecule has 1 heterocycles. The van der Waals surface area contributed by atoms with E-state index in [1.54, 1.807) is 0 Å². The van der Waals surface area contributed by atoms with E-state index in [0.29, 0.717) is 5.54 Å². The molecular weight excluding hydrogens is 234 g/mol. The van der Waals surface area contributed by atoms with Gasteiger partial charge in [-0.05, 0) is 70.1 Å². The molecule has 4 saturated carbocycles. The summed E-state index contributed by atoms with van der Waals surface area (Å²) in [5.74, 6) is 3.06. The van der Waals surface area contributed by atoms with Crippen LogP contribution in [0.3, 0.4) is 0 Å². The van der Waals surface area contributed by atoms with Crippen molar-refractivity contribution in [2.45, 2.75) is 64.5 Å². The Labute approximate surface area is 115 Å². The van der Waals surface area contributed by atoms with Gasteiger partial charge >= 0.3 is 0 Å². The summed E-state index contributed by atoms with van der Waals surface area (Å²) in [5, 5.41) is 11.4. The molecule has 0 amide bonds. The Balaban J connectivity index is 1.51. The van der Waals surface area contributed by atoms with E-state index in [1.165, 1.54) is 49.8 Å². The number of hydrogen-bond donors (Lipinski definition) is 2. The molecule has 0 radical (unpaired) electrons. The van der Waals surface area contributed by atoms with Gasteiger partial charge < -0.3 is 5.32 Å². The molecule has 0 spiro atoms. The fourth-order valence-corrected chi connectivity index (χ4v) is 5.44. The number of aryl methyl sites for hydroxylation is 2. The fourth-order valence-electron chi connectivity index (χ4n) is 5.44. The molecule has 104 valence electrons. The molecule has 0 aliphatic heterocycles. The third-order valence-corrected chi connectivity index (χ3v) is 5.96. The van der Waals surface area contributed by atoms with Crippen molar-refractivity contribution in [3.05, 3.63) is 17.0 Å². The smallest absolute Gasteiger partial charge is 0.0638 e. The first kappa shape index (κ1) is 12.0. The molecular formula is C16H25N3. The van der Waals surface area contributed by atoms with Gasteiger partial charge in [0.1, 0.15) is 0 Å². The summed E-state index contributed by atoms with van der Waals surface area (Å²) in [7, 11) is 0. The van der Waals surface area contributed by atoms with E-state index in [9.17, 15) is 0 Å². The molecule has 1 aromatic rings. The molecule has 0 aromatic carbocycles. The van der Waals surface area contributed by atoms with Gasteiger partial charge in [-0.1, -0.05) is 0 Å². The summed E-state index contributed by atoms with van der Waals surface area (Å²) in [6.45, 7) is 5.25. The number of H-pyrrole nitrogens is 1. The van der Waals surface area contributed by atoms with Crippen molar-refractivity contribution in [2.75, 3.05) is 0 Å². The van der Waals surface area contributed by atoms with Gasteiger partial charge in [-0.25, -0.2) is 0 Å². The molecule has 4 bridgehead atoms. The average Bonchev–Trinajstić information content (AvgIpc) is 2.65. The van der Waals surface area contributed by atoms with Gasteiger partial charge in [0.05, 0.1) is 5.69 Å². The van der Waals surface area contributed by atoms with Crippen LogP contribution in [0.5, 0.6) is 0 Å². The minimum absolute atomic E-state index is 0.463. The Kier molecular flexibility index (Phi) is 2.57. The molecule has 2 N–H and O–H groups in total. The Morgan fingerprint density at radius 2 is 1.68 bits per heavy atom. The minimum Gasteiger partial charge on any atom is -0.307 e. The van der Waals surface area contributed by atoms with E-state index in [2.05, 4.69) is 29.4 Å². The van der Waals surface area contributed by atoms with Crippen LogP contribution < -0.4 is 5.32 Å². The molecule has 4 aliphatic carbocycles. The highest BCUT2D eigenvalue weighted by Gasteiger charge is 2.50. The molecule has 4 aliphatic rings. The summed E-state index contributed by atoms with van der Waals surface area (Å²) in [6.07, 6.45) is 8.83. The zero-order valence-corrected chi connectivity index (χ0v) is 12.1. The lowest BCUT2D eigenvalue weighted by molar-refractivity contribution is -0.0206. The highest BCUT2D eigenvalue weighted by molar-refractivity contribution is 5.23. The lowest BCUT2D eigenvalue weighted by Crippen LogP contribution is -2.58. The van der Waals surface area contributed by atoms with Crippen molar-refractivity contribution in [3.63, 3.8) is 0 Å². The first-order chi connectivity index (χ1) is 9.13. The third-order valence-electron chi connectivity index (χ3n) is 5.96. The molecule has 0 saturated heterocycles. The van der Waals surface area contributed by atoms with Crippen molar-refractivity contribution in [2.24, 2.45) is 17.8 Å². The van der Waals surface area contributed by atoms with Crippen LogP contribution in [-0.4, -0.2) is 15.7 Å². The first-order valence-corrected chi connectivity index (χ1v) is 7.89. The van der Waals surface area contributed by atoms with E-state index in [-0.39, 0.29) is 0 Å². The zero-order valence-electron chi connectivity index (χ0n) is 12.1. The molecule has 0 unspecified atom stereocenters. The molecule has 19 heavy (non-hydrogen) atoms. The van der Waals surface area contributed by atoms with E-state index in [0.717, 1.165) is 30.0 Å². The topological polar surface area (TPSA) is 40.7 Å². The van der Waals surface area contributed by atoms with Gasteiger partial charge in [0.25, 0.3) is 0 Å². The SMILES string of the molecule is Cc1n[nH]c(C)c1CNC12CC3CC(CC(C3)C1)C2. The molecule has 4 fully saturated rings. The molecule has 3 heteroatoms. The largest absolute Gasteiger partial charge is 0.307 e. The van der Waals surface area contributed by atoms with Crippen LogP contribution in [0.2, 0.25) is 0 Å². The molecule has 3 nitrogen and oxygen atoms in total.